The number of rotatable bonds is 4. The van der Waals surface area contributed by atoms with Gasteiger partial charge < -0.3 is 10.1 Å². The van der Waals surface area contributed by atoms with Crippen LogP contribution < -0.4 is 10.1 Å². The summed E-state index contributed by atoms with van der Waals surface area (Å²) in [6.07, 6.45) is 1.71. The Morgan fingerprint density at radius 2 is 1.97 bits per heavy atom. The zero-order valence-corrected chi connectivity index (χ0v) is 16.6. The summed E-state index contributed by atoms with van der Waals surface area (Å²) >= 11 is 0. The molecular weight excluding hydrogens is 362 g/mol. The summed E-state index contributed by atoms with van der Waals surface area (Å²) in [5, 5.41) is 14.7. The Balaban J connectivity index is 2.09. The van der Waals surface area contributed by atoms with Crippen LogP contribution >= 0.6 is 0 Å². The van der Waals surface area contributed by atoms with Gasteiger partial charge in [-0.2, -0.15) is 5.26 Å². The van der Waals surface area contributed by atoms with Crippen molar-refractivity contribution in [2.75, 3.05) is 11.9 Å². The van der Waals surface area contributed by atoms with Gasteiger partial charge in [0.2, 0.25) is 5.88 Å². The zero-order valence-electron chi connectivity index (χ0n) is 16.6. The maximum Gasteiger partial charge on any atom is 0.219 e. The maximum absolute atomic E-state index is 12.7. The van der Waals surface area contributed by atoms with Crippen LogP contribution in [-0.2, 0) is 4.79 Å². The van der Waals surface area contributed by atoms with Gasteiger partial charge in [0, 0.05) is 34.6 Å². The third-order valence-corrected chi connectivity index (χ3v) is 5.31. The predicted molar refractivity (Wildman–Crippen MR) is 113 cm³/mol. The van der Waals surface area contributed by atoms with Crippen LogP contribution in [-0.4, -0.2) is 17.4 Å². The molecule has 0 amide bonds. The molecule has 1 N–H and O–H groups in total. The Bertz CT molecular complexity index is 1200. The lowest BCUT2D eigenvalue weighted by Gasteiger charge is -2.31. The topological polar surface area (TPSA) is 75.0 Å². The molecule has 1 aromatic heterocycles. The molecule has 0 saturated carbocycles. The average Bonchev–Trinajstić information content (AvgIpc) is 2.72. The lowest BCUT2D eigenvalue weighted by molar-refractivity contribution is -0.113. The van der Waals surface area contributed by atoms with Crippen molar-refractivity contribution in [1.82, 2.24) is 4.98 Å². The number of ether oxygens (including phenoxy) is 1. The number of hydrogen-bond donors (Lipinski definition) is 1. The normalized spacial score (nSPS) is 15.4. The van der Waals surface area contributed by atoms with Crippen LogP contribution in [0.5, 0.6) is 5.88 Å². The van der Waals surface area contributed by atoms with Gasteiger partial charge in [0.15, 0.2) is 5.78 Å². The van der Waals surface area contributed by atoms with Gasteiger partial charge in [-0.1, -0.05) is 30.3 Å². The zero-order chi connectivity index (χ0) is 20.5. The number of hydrogen-bond acceptors (Lipinski definition) is 5. The molecule has 2 aromatic carbocycles. The SMILES string of the molecule is CCOc1nccc2c1C(c1ccc(C#N)c3ccccc13)C(C(C)=O)=C(C)N2. The number of fused-ring (bicyclic) bond motifs is 2. The summed E-state index contributed by atoms with van der Waals surface area (Å²) in [7, 11) is 0. The fraction of sp³-hybridized carbons (Fsp3) is 0.208. The van der Waals surface area contributed by atoms with Crippen LogP contribution in [0.2, 0.25) is 0 Å². The van der Waals surface area contributed by atoms with E-state index in [2.05, 4.69) is 16.4 Å². The summed E-state index contributed by atoms with van der Waals surface area (Å²) < 4.78 is 5.84. The number of aromatic nitrogens is 1. The largest absolute Gasteiger partial charge is 0.478 e. The van der Waals surface area contributed by atoms with Crippen molar-refractivity contribution in [2.45, 2.75) is 26.7 Å². The fourth-order valence-corrected chi connectivity index (χ4v) is 4.17. The molecule has 4 rings (SSSR count). The van der Waals surface area contributed by atoms with Crippen LogP contribution in [0.25, 0.3) is 10.8 Å². The number of anilines is 1. The summed E-state index contributed by atoms with van der Waals surface area (Å²) in [5.41, 5.74) is 4.79. The molecule has 0 saturated heterocycles. The first kappa shape index (κ1) is 18.7. The molecule has 2 heterocycles. The number of benzene rings is 2. The number of nitrogens with zero attached hydrogens (tertiary/aromatic N) is 2. The second kappa shape index (κ2) is 7.40. The fourth-order valence-electron chi connectivity index (χ4n) is 4.17. The molecule has 5 nitrogen and oxygen atoms in total. The Hall–Kier alpha value is -3.65. The molecular formula is C24H21N3O2. The van der Waals surface area contributed by atoms with Gasteiger partial charge in [-0.3, -0.25) is 4.79 Å². The second-order valence-electron chi connectivity index (χ2n) is 7.02. The van der Waals surface area contributed by atoms with Gasteiger partial charge in [-0.05, 0) is 49.2 Å². The molecule has 0 aliphatic carbocycles. The highest BCUT2D eigenvalue weighted by molar-refractivity contribution is 6.01. The number of Topliss-reactive ketones (excluding diaryl/α,β-unsaturated/α-hetero) is 1. The van der Waals surface area contributed by atoms with Crippen molar-refractivity contribution < 1.29 is 9.53 Å². The first-order chi connectivity index (χ1) is 14.1. The predicted octanol–water partition coefficient (Wildman–Crippen LogP) is 4.93. The Morgan fingerprint density at radius 1 is 1.21 bits per heavy atom. The van der Waals surface area contributed by atoms with Crippen molar-refractivity contribution in [3.8, 4) is 11.9 Å². The molecule has 5 heteroatoms. The minimum Gasteiger partial charge on any atom is -0.478 e. The maximum atomic E-state index is 12.7. The highest BCUT2D eigenvalue weighted by Crippen LogP contribution is 2.47. The van der Waals surface area contributed by atoms with Gasteiger partial charge >= 0.3 is 0 Å². The van der Waals surface area contributed by atoms with Crippen LogP contribution in [0, 0.1) is 11.3 Å². The Labute approximate surface area is 169 Å². The van der Waals surface area contributed by atoms with Crippen molar-refractivity contribution in [3.63, 3.8) is 0 Å². The number of carbonyl (C=O) groups excluding carboxylic acids is 1. The highest BCUT2D eigenvalue weighted by Gasteiger charge is 2.34. The van der Waals surface area contributed by atoms with Gasteiger partial charge in [0.05, 0.1) is 18.2 Å². The number of pyridine rings is 1. The van der Waals surface area contributed by atoms with E-state index in [-0.39, 0.29) is 11.7 Å². The van der Waals surface area contributed by atoms with Crippen LogP contribution in [0.3, 0.4) is 0 Å². The molecule has 29 heavy (non-hydrogen) atoms. The van der Waals surface area contributed by atoms with Crippen molar-refractivity contribution in [1.29, 1.82) is 5.26 Å². The van der Waals surface area contributed by atoms with E-state index < -0.39 is 0 Å². The van der Waals surface area contributed by atoms with Gasteiger partial charge in [0.25, 0.3) is 0 Å². The van der Waals surface area contributed by atoms with Crippen molar-refractivity contribution >= 4 is 22.2 Å². The van der Waals surface area contributed by atoms with Crippen LogP contribution in [0.4, 0.5) is 5.69 Å². The van der Waals surface area contributed by atoms with Crippen molar-refractivity contribution in [3.05, 3.63) is 76.6 Å². The van der Waals surface area contributed by atoms with E-state index in [1.165, 1.54) is 0 Å². The second-order valence-corrected chi connectivity index (χ2v) is 7.02. The van der Waals surface area contributed by atoms with E-state index in [1.807, 2.05) is 56.3 Å². The minimum atomic E-state index is -0.336. The monoisotopic (exact) mass is 383 g/mol. The molecule has 1 aliphatic heterocycles. The molecule has 1 atom stereocenters. The summed E-state index contributed by atoms with van der Waals surface area (Å²) in [4.78, 5) is 17.2. The molecule has 1 aliphatic rings. The quantitative estimate of drug-likeness (QED) is 0.692. The number of nitrogens with one attached hydrogen (secondary N) is 1. The summed E-state index contributed by atoms with van der Waals surface area (Å²) in [6.45, 7) is 5.89. The Morgan fingerprint density at radius 3 is 2.66 bits per heavy atom. The number of nitriles is 1. The van der Waals surface area contributed by atoms with E-state index in [0.717, 1.165) is 33.3 Å². The van der Waals surface area contributed by atoms with Crippen LogP contribution in [0.15, 0.2) is 59.9 Å². The molecule has 3 aromatic rings. The third-order valence-electron chi connectivity index (χ3n) is 5.31. The summed E-state index contributed by atoms with van der Waals surface area (Å²) in [6, 6.07) is 15.7. The van der Waals surface area contributed by atoms with E-state index in [1.54, 1.807) is 13.1 Å². The van der Waals surface area contributed by atoms with E-state index in [0.29, 0.717) is 23.6 Å². The molecule has 144 valence electrons. The molecule has 1 unspecified atom stereocenters. The van der Waals surface area contributed by atoms with Crippen LogP contribution in [0.1, 0.15) is 43.4 Å². The standard InChI is InChI=1S/C24H21N3O2/c1-4-29-24-23-20(11-12-26-24)27-14(2)21(15(3)28)22(23)19-10-9-16(13-25)17-7-5-6-8-18(17)19/h5-12,22,27H,4H2,1-3H3. The van der Waals surface area contributed by atoms with E-state index in [4.69, 9.17) is 4.74 Å². The molecule has 0 spiro atoms. The number of ketones is 1. The minimum absolute atomic E-state index is 0.00890. The molecule has 0 radical (unpaired) electrons. The lowest BCUT2D eigenvalue weighted by atomic mass is 9.77. The highest BCUT2D eigenvalue weighted by atomic mass is 16.5. The first-order valence-corrected chi connectivity index (χ1v) is 9.59. The van der Waals surface area contributed by atoms with E-state index in [9.17, 15) is 10.1 Å². The summed E-state index contributed by atoms with van der Waals surface area (Å²) in [5.74, 6) is 0.171. The van der Waals surface area contributed by atoms with Gasteiger partial charge in [-0.15, -0.1) is 0 Å². The van der Waals surface area contributed by atoms with Gasteiger partial charge in [-0.25, -0.2) is 4.98 Å². The van der Waals surface area contributed by atoms with E-state index >= 15 is 0 Å². The number of allylic oxidation sites excluding steroid dienone is 2. The number of carbonyl (C=O) groups is 1. The Kier molecular flexibility index (Phi) is 4.77. The average molecular weight is 383 g/mol. The van der Waals surface area contributed by atoms with Crippen molar-refractivity contribution in [2.24, 2.45) is 0 Å². The van der Waals surface area contributed by atoms with Gasteiger partial charge in [0.1, 0.15) is 0 Å². The smallest absolute Gasteiger partial charge is 0.219 e. The lowest BCUT2D eigenvalue weighted by Crippen LogP contribution is -2.23. The molecule has 0 fully saturated rings. The third kappa shape index (κ3) is 3.03. The molecule has 0 bridgehead atoms. The first-order valence-electron chi connectivity index (χ1n) is 9.59.